The van der Waals surface area contributed by atoms with Crippen LogP contribution in [0.3, 0.4) is 0 Å². The van der Waals surface area contributed by atoms with E-state index in [0.29, 0.717) is 63.7 Å². The maximum atomic E-state index is 13.2. The molecule has 1 unspecified atom stereocenters. The third kappa shape index (κ3) is 5.07. The first-order chi connectivity index (χ1) is 17.4. The van der Waals surface area contributed by atoms with E-state index in [1.54, 1.807) is 18.0 Å². The molecule has 3 aliphatic heterocycles. The lowest BCUT2D eigenvalue weighted by Crippen LogP contribution is -2.40. The minimum atomic E-state index is -2.31. The lowest BCUT2D eigenvalue weighted by Gasteiger charge is -2.31. The molecule has 2 aromatic rings. The largest absolute Gasteiger partial charge is 0.398 e. The molecule has 3 aliphatic rings. The van der Waals surface area contributed by atoms with Gasteiger partial charge in [-0.3, -0.25) is 9.79 Å². The van der Waals surface area contributed by atoms with Crippen LogP contribution in [0.1, 0.15) is 38.2 Å². The zero-order valence-electron chi connectivity index (χ0n) is 20.6. The summed E-state index contributed by atoms with van der Waals surface area (Å²) in [6, 6.07) is 8.05. The van der Waals surface area contributed by atoms with Crippen LogP contribution in [0.25, 0.3) is 16.5 Å². The zero-order chi connectivity index (χ0) is 25.2. The molecule has 4 heterocycles. The van der Waals surface area contributed by atoms with Gasteiger partial charge < -0.3 is 20.3 Å². The number of alkyl halides is 2. The summed E-state index contributed by atoms with van der Waals surface area (Å²) >= 11 is 0. The van der Waals surface area contributed by atoms with E-state index in [9.17, 15) is 13.6 Å². The molecule has 7 nitrogen and oxygen atoms in total. The van der Waals surface area contributed by atoms with Crippen molar-refractivity contribution in [1.82, 2.24) is 9.88 Å². The summed E-state index contributed by atoms with van der Waals surface area (Å²) in [4.78, 5) is 25.6. The number of ether oxygens (including phenoxy) is 1. The highest BCUT2D eigenvalue weighted by Crippen LogP contribution is 2.32. The Morgan fingerprint density at radius 1 is 1.22 bits per heavy atom. The van der Waals surface area contributed by atoms with Gasteiger partial charge in [0.2, 0.25) is 12.3 Å². The van der Waals surface area contributed by atoms with E-state index >= 15 is 0 Å². The van der Waals surface area contributed by atoms with Crippen LogP contribution in [-0.4, -0.2) is 73.4 Å². The Hall–Kier alpha value is -3.07. The number of carbonyl (C=O) groups excluding carboxylic acids is 1. The van der Waals surface area contributed by atoms with E-state index in [0.717, 1.165) is 40.5 Å². The van der Waals surface area contributed by atoms with Crippen molar-refractivity contribution < 1.29 is 18.3 Å². The molecule has 3 saturated heterocycles. The number of halogens is 2. The molecule has 0 aliphatic carbocycles. The van der Waals surface area contributed by atoms with Crippen molar-refractivity contribution in [1.29, 1.82) is 0 Å². The lowest BCUT2D eigenvalue weighted by molar-refractivity contribution is -0.128. The van der Waals surface area contributed by atoms with Gasteiger partial charge in [0.15, 0.2) is 0 Å². The average Bonchev–Trinajstić information content (AvgIpc) is 3.39. The number of carbonyl (C=O) groups is 1. The number of pyridine rings is 1. The van der Waals surface area contributed by atoms with Crippen molar-refractivity contribution in [3.05, 3.63) is 41.6 Å². The van der Waals surface area contributed by atoms with Gasteiger partial charge in [-0.05, 0) is 30.7 Å². The number of hydrogen-bond acceptors (Lipinski definition) is 6. The maximum Gasteiger partial charge on any atom is 0.243 e. The van der Waals surface area contributed by atoms with Gasteiger partial charge in [-0.15, -0.1) is 0 Å². The van der Waals surface area contributed by atoms with Crippen molar-refractivity contribution >= 4 is 33.9 Å². The number of hydrogen-bond donors (Lipinski definition) is 1. The molecule has 0 spiro atoms. The van der Waals surface area contributed by atoms with Crippen LogP contribution in [0.5, 0.6) is 0 Å². The van der Waals surface area contributed by atoms with E-state index in [4.69, 9.17) is 15.5 Å². The van der Waals surface area contributed by atoms with Gasteiger partial charge in [0.25, 0.3) is 0 Å². The molecule has 1 aromatic carbocycles. The molecular formula is C27H33F2N5O2. The molecule has 0 radical (unpaired) electrons. The van der Waals surface area contributed by atoms with Crippen LogP contribution < -0.4 is 10.6 Å². The van der Waals surface area contributed by atoms with Crippen LogP contribution in [0.2, 0.25) is 0 Å². The van der Waals surface area contributed by atoms with Crippen LogP contribution in [-0.2, 0) is 9.53 Å². The third-order valence-electron chi connectivity index (χ3n) is 7.56. The first-order valence-electron chi connectivity index (χ1n) is 12.7. The summed E-state index contributed by atoms with van der Waals surface area (Å²) in [5.41, 5.74) is 10.1. The molecule has 5 rings (SSSR count). The number of nitrogens with zero attached hydrogens (tertiary/aromatic N) is 4. The summed E-state index contributed by atoms with van der Waals surface area (Å²) in [7, 11) is 0. The number of fused-ring (bicyclic) bond motifs is 1. The number of benzene rings is 1. The fourth-order valence-corrected chi connectivity index (χ4v) is 5.37. The first-order valence-corrected chi connectivity index (χ1v) is 12.7. The summed E-state index contributed by atoms with van der Waals surface area (Å²) < 4.78 is 31.8. The normalized spacial score (nSPS) is 24.2. The minimum Gasteiger partial charge on any atom is -0.398 e. The van der Waals surface area contributed by atoms with Gasteiger partial charge >= 0.3 is 0 Å². The predicted molar refractivity (Wildman–Crippen MR) is 137 cm³/mol. The number of likely N-dealkylation sites (tertiary alicyclic amines) is 1. The van der Waals surface area contributed by atoms with Gasteiger partial charge in [0.1, 0.15) is 5.82 Å². The maximum absolute atomic E-state index is 13.2. The van der Waals surface area contributed by atoms with Gasteiger partial charge in [-0.25, -0.2) is 13.8 Å². The molecule has 9 heteroatoms. The highest BCUT2D eigenvalue weighted by Gasteiger charge is 2.30. The molecule has 1 amide bonds. The standard InChI is InChI=1S/C27H33F2N5O2/c1-17(35)33-10-6-24(32-20-7-11-36-12-8-20)23(16-33)26(30)21-4-2-3-18-13-25(31-14-22(18)21)34-9-5-19(15-34)27(28)29/h2-4,13-14,19-20,27H,5-12,15-16,30H2,1H3. The number of nitrogens with two attached hydrogens (primary N) is 1. The molecular weight excluding hydrogens is 464 g/mol. The smallest absolute Gasteiger partial charge is 0.243 e. The number of amides is 1. The van der Waals surface area contributed by atoms with Crippen molar-refractivity contribution in [2.45, 2.75) is 45.1 Å². The molecule has 2 N–H and O–H groups in total. The molecule has 0 saturated carbocycles. The van der Waals surface area contributed by atoms with E-state index in [1.807, 2.05) is 29.2 Å². The molecule has 1 aromatic heterocycles. The van der Waals surface area contributed by atoms with Gasteiger partial charge in [0, 0.05) is 92.8 Å². The second kappa shape index (κ2) is 10.5. The monoisotopic (exact) mass is 497 g/mol. The van der Waals surface area contributed by atoms with Crippen LogP contribution in [0.15, 0.2) is 41.0 Å². The van der Waals surface area contributed by atoms with Gasteiger partial charge in [-0.2, -0.15) is 0 Å². The fraction of sp³-hybridized carbons (Fsp3) is 0.519. The quantitative estimate of drug-likeness (QED) is 0.694. The molecule has 3 fully saturated rings. The average molecular weight is 498 g/mol. The van der Waals surface area contributed by atoms with Crippen LogP contribution in [0, 0.1) is 5.92 Å². The number of aromatic nitrogens is 1. The summed E-state index contributed by atoms with van der Waals surface area (Å²) in [6.07, 6.45) is 2.38. The molecule has 192 valence electrons. The van der Waals surface area contributed by atoms with Gasteiger partial charge in [-0.1, -0.05) is 18.2 Å². The number of rotatable bonds is 4. The van der Waals surface area contributed by atoms with E-state index in [2.05, 4.69) is 4.98 Å². The predicted octanol–water partition coefficient (Wildman–Crippen LogP) is 3.87. The third-order valence-corrected chi connectivity index (χ3v) is 7.56. The van der Waals surface area contributed by atoms with Crippen molar-refractivity contribution in [3.8, 4) is 0 Å². The Labute approximate surface area is 210 Å². The Morgan fingerprint density at radius 2 is 2.03 bits per heavy atom. The molecule has 0 bridgehead atoms. The topological polar surface area (TPSA) is 84.0 Å². The Kier molecular flexibility index (Phi) is 7.18. The second-order valence-corrected chi connectivity index (χ2v) is 9.90. The fourth-order valence-electron chi connectivity index (χ4n) is 5.37. The summed E-state index contributed by atoms with van der Waals surface area (Å²) in [5, 5.41) is 1.84. The molecule has 1 atom stereocenters. The summed E-state index contributed by atoms with van der Waals surface area (Å²) in [5.74, 6) is 0.108. The van der Waals surface area contributed by atoms with E-state index in [-0.39, 0.29) is 11.9 Å². The minimum absolute atomic E-state index is 0.0161. The second-order valence-electron chi connectivity index (χ2n) is 9.90. The Balaban J connectivity index is 1.51. The highest BCUT2D eigenvalue weighted by molar-refractivity contribution is 6.10. The SMILES string of the molecule is CC(=O)N1CCC(=NC2CCOCC2)C(=C(N)c2cccc3cc(N4CCC(C(F)F)C4)ncc23)C1. The summed E-state index contributed by atoms with van der Waals surface area (Å²) in [6.45, 7) is 4.94. The van der Waals surface area contributed by atoms with Crippen molar-refractivity contribution in [2.75, 3.05) is 44.3 Å². The first kappa shape index (κ1) is 24.6. The highest BCUT2D eigenvalue weighted by atomic mass is 19.3. The van der Waals surface area contributed by atoms with Gasteiger partial charge in [0.05, 0.1) is 6.04 Å². The number of piperidine rings is 1. The van der Waals surface area contributed by atoms with Crippen molar-refractivity contribution in [2.24, 2.45) is 16.6 Å². The van der Waals surface area contributed by atoms with E-state index < -0.39 is 12.3 Å². The van der Waals surface area contributed by atoms with E-state index in [1.165, 1.54) is 0 Å². The zero-order valence-corrected chi connectivity index (χ0v) is 20.6. The number of aliphatic imine (C=N–C) groups is 1. The lowest BCUT2D eigenvalue weighted by atomic mass is 9.94. The van der Waals surface area contributed by atoms with Crippen LogP contribution in [0.4, 0.5) is 14.6 Å². The van der Waals surface area contributed by atoms with Crippen LogP contribution >= 0.6 is 0 Å². The Morgan fingerprint density at radius 3 is 2.75 bits per heavy atom. The Bertz CT molecular complexity index is 1190. The number of anilines is 1. The molecule has 36 heavy (non-hydrogen) atoms. The van der Waals surface area contributed by atoms with Crippen molar-refractivity contribution in [3.63, 3.8) is 0 Å².